The number of anilines is 1. The second kappa shape index (κ2) is 3.28. The first-order valence-corrected chi connectivity index (χ1v) is 4.67. The quantitative estimate of drug-likeness (QED) is 0.748. The predicted octanol–water partition coefficient (Wildman–Crippen LogP) is 1.55. The summed E-state index contributed by atoms with van der Waals surface area (Å²) in [5.74, 6) is 3.41. The number of terminal acetylenes is 1. The SMILES string of the molecule is C#CC(C)(C)Nc1ccn2nccc2n1. The van der Waals surface area contributed by atoms with Gasteiger partial charge in [-0.15, -0.1) is 6.42 Å². The molecule has 15 heavy (non-hydrogen) atoms. The maximum absolute atomic E-state index is 5.39. The van der Waals surface area contributed by atoms with Gasteiger partial charge in [-0.25, -0.2) is 9.50 Å². The first-order chi connectivity index (χ1) is 7.11. The summed E-state index contributed by atoms with van der Waals surface area (Å²) < 4.78 is 1.70. The van der Waals surface area contributed by atoms with E-state index in [1.807, 2.05) is 32.2 Å². The maximum atomic E-state index is 5.39. The Labute approximate surface area is 88.3 Å². The average molecular weight is 200 g/mol. The van der Waals surface area contributed by atoms with E-state index in [-0.39, 0.29) is 0 Å². The Hall–Kier alpha value is -2.02. The van der Waals surface area contributed by atoms with Gasteiger partial charge in [0.15, 0.2) is 5.65 Å². The highest BCUT2D eigenvalue weighted by Gasteiger charge is 2.13. The highest BCUT2D eigenvalue weighted by Crippen LogP contribution is 2.12. The average Bonchev–Trinajstić information content (AvgIpc) is 2.64. The molecule has 0 aliphatic rings. The summed E-state index contributed by atoms with van der Waals surface area (Å²) in [6, 6.07) is 3.69. The second-order valence-electron chi connectivity index (χ2n) is 3.84. The lowest BCUT2D eigenvalue weighted by Crippen LogP contribution is -2.28. The van der Waals surface area contributed by atoms with Crippen molar-refractivity contribution in [1.82, 2.24) is 14.6 Å². The van der Waals surface area contributed by atoms with Crippen LogP contribution in [0.4, 0.5) is 5.82 Å². The fourth-order valence-electron chi connectivity index (χ4n) is 1.24. The van der Waals surface area contributed by atoms with Crippen molar-refractivity contribution < 1.29 is 0 Å². The number of nitrogens with one attached hydrogen (secondary N) is 1. The molecule has 0 bridgehead atoms. The summed E-state index contributed by atoms with van der Waals surface area (Å²) in [5, 5.41) is 7.22. The Kier molecular flexibility index (Phi) is 2.09. The van der Waals surface area contributed by atoms with E-state index in [1.54, 1.807) is 10.7 Å². The lowest BCUT2D eigenvalue weighted by Gasteiger charge is -2.20. The van der Waals surface area contributed by atoms with Gasteiger partial charge in [-0.2, -0.15) is 5.10 Å². The largest absolute Gasteiger partial charge is 0.354 e. The minimum Gasteiger partial charge on any atom is -0.354 e. The van der Waals surface area contributed by atoms with Crippen molar-refractivity contribution in [1.29, 1.82) is 0 Å². The molecule has 0 saturated heterocycles. The molecule has 2 heterocycles. The third kappa shape index (κ3) is 1.91. The number of aromatic nitrogens is 3. The Bertz CT molecular complexity index is 519. The van der Waals surface area contributed by atoms with Crippen molar-refractivity contribution in [3.63, 3.8) is 0 Å². The van der Waals surface area contributed by atoms with Gasteiger partial charge in [-0.05, 0) is 19.9 Å². The number of fused-ring (bicyclic) bond motifs is 1. The van der Waals surface area contributed by atoms with Gasteiger partial charge < -0.3 is 5.32 Å². The molecule has 0 aromatic carbocycles. The number of rotatable bonds is 2. The Morgan fingerprint density at radius 3 is 3.00 bits per heavy atom. The van der Waals surface area contributed by atoms with Crippen molar-refractivity contribution in [2.45, 2.75) is 19.4 Å². The molecule has 0 aliphatic carbocycles. The summed E-state index contributed by atoms with van der Waals surface area (Å²) in [6.45, 7) is 3.85. The maximum Gasteiger partial charge on any atom is 0.157 e. The van der Waals surface area contributed by atoms with Crippen LogP contribution >= 0.6 is 0 Å². The molecule has 2 aromatic heterocycles. The zero-order valence-corrected chi connectivity index (χ0v) is 8.73. The second-order valence-corrected chi connectivity index (χ2v) is 3.84. The summed E-state index contributed by atoms with van der Waals surface area (Å²) in [7, 11) is 0. The van der Waals surface area contributed by atoms with Crippen LogP contribution in [0.3, 0.4) is 0 Å². The topological polar surface area (TPSA) is 42.2 Å². The fourth-order valence-corrected chi connectivity index (χ4v) is 1.24. The minimum atomic E-state index is -0.397. The van der Waals surface area contributed by atoms with E-state index in [0.29, 0.717) is 0 Å². The van der Waals surface area contributed by atoms with Crippen LogP contribution in [-0.4, -0.2) is 20.1 Å². The van der Waals surface area contributed by atoms with Gasteiger partial charge >= 0.3 is 0 Å². The lowest BCUT2D eigenvalue weighted by atomic mass is 10.1. The van der Waals surface area contributed by atoms with E-state index in [4.69, 9.17) is 6.42 Å². The van der Waals surface area contributed by atoms with Crippen molar-refractivity contribution in [2.24, 2.45) is 0 Å². The number of nitrogens with zero attached hydrogens (tertiary/aromatic N) is 3. The van der Waals surface area contributed by atoms with E-state index in [2.05, 4.69) is 21.3 Å². The highest BCUT2D eigenvalue weighted by atomic mass is 15.2. The molecule has 0 saturated carbocycles. The Balaban J connectivity index is 2.33. The van der Waals surface area contributed by atoms with Crippen LogP contribution in [-0.2, 0) is 0 Å². The third-order valence-corrected chi connectivity index (χ3v) is 2.06. The van der Waals surface area contributed by atoms with Crippen molar-refractivity contribution in [2.75, 3.05) is 5.32 Å². The molecule has 2 aromatic rings. The molecule has 0 aliphatic heterocycles. The highest BCUT2D eigenvalue weighted by molar-refractivity contribution is 5.47. The van der Waals surface area contributed by atoms with Gasteiger partial charge in [0.1, 0.15) is 5.82 Å². The minimum absolute atomic E-state index is 0.397. The molecule has 0 spiro atoms. The van der Waals surface area contributed by atoms with Gasteiger partial charge in [0.05, 0.1) is 11.7 Å². The normalized spacial score (nSPS) is 11.3. The van der Waals surface area contributed by atoms with Gasteiger partial charge in [0.2, 0.25) is 0 Å². The van der Waals surface area contributed by atoms with E-state index < -0.39 is 5.54 Å². The Morgan fingerprint density at radius 1 is 1.47 bits per heavy atom. The van der Waals surface area contributed by atoms with E-state index >= 15 is 0 Å². The van der Waals surface area contributed by atoms with E-state index in [9.17, 15) is 0 Å². The van der Waals surface area contributed by atoms with Crippen molar-refractivity contribution in [3.05, 3.63) is 24.5 Å². The zero-order valence-electron chi connectivity index (χ0n) is 8.73. The van der Waals surface area contributed by atoms with Gasteiger partial charge in [0.25, 0.3) is 0 Å². The molecule has 4 heteroatoms. The van der Waals surface area contributed by atoms with Crippen LogP contribution in [0.5, 0.6) is 0 Å². The van der Waals surface area contributed by atoms with Crippen LogP contribution < -0.4 is 5.32 Å². The standard InChI is InChI=1S/C11H12N4/c1-4-11(2,3)14-9-6-8-15-10(13-9)5-7-12-15/h1,5-8H,2-3H3,(H,13,14). The first kappa shape index (κ1) is 9.53. The summed E-state index contributed by atoms with van der Waals surface area (Å²) in [4.78, 5) is 4.36. The van der Waals surface area contributed by atoms with Gasteiger partial charge in [-0.1, -0.05) is 5.92 Å². The molecule has 4 nitrogen and oxygen atoms in total. The first-order valence-electron chi connectivity index (χ1n) is 4.67. The molecule has 0 unspecified atom stereocenters. The fraction of sp³-hybridized carbons (Fsp3) is 0.273. The predicted molar refractivity (Wildman–Crippen MR) is 59.5 cm³/mol. The Morgan fingerprint density at radius 2 is 2.27 bits per heavy atom. The van der Waals surface area contributed by atoms with Crippen molar-refractivity contribution >= 4 is 11.5 Å². The van der Waals surface area contributed by atoms with Gasteiger partial charge in [0, 0.05) is 12.3 Å². The smallest absolute Gasteiger partial charge is 0.157 e. The molecular weight excluding hydrogens is 188 g/mol. The monoisotopic (exact) mass is 200 g/mol. The molecular formula is C11H12N4. The van der Waals surface area contributed by atoms with E-state index in [0.717, 1.165) is 11.5 Å². The van der Waals surface area contributed by atoms with Crippen molar-refractivity contribution in [3.8, 4) is 12.3 Å². The molecule has 2 rings (SSSR count). The third-order valence-electron chi connectivity index (χ3n) is 2.06. The molecule has 0 atom stereocenters. The van der Waals surface area contributed by atoms with Gasteiger partial charge in [-0.3, -0.25) is 0 Å². The van der Waals surface area contributed by atoms with Crippen LogP contribution in [0, 0.1) is 12.3 Å². The molecule has 0 radical (unpaired) electrons. The van der Waals surface area contributed by atoms with E-state index in [1.165, 1.54) is 0 Å². The molecule has 1 N–H and O–H groups in total. The zero-order chi connectivity index (χ0) is 10.9. The van der Waals surface area contributed by atoms with Crippen LogP contribution in [0.15, 0.2) is 24.5 Å². The van der Waals surface area contributed by atoms with Crippen LogP contribution in [0.2, 0.25) is 0 Å². The summed E-state index contributed by atoms with van der Waals surface area (Å²) >= 11 is 0. The molecule has 76 valence electrons. The number of hydrogen-bond acceptors (Lipinski definition) is 3. The lowest BCUT2D eigenvalue weighted by molar-refractivity contribution is 0.735. The summed E-state index contributed by atoms with van der Waals surface area (Å²) in [6.07, 6.45) is 8.94. The van der Waals surface area contributed by atoms with Crippen LogP contribution in [0.1, 0.15) is 13.8 Å². The van der Waals surface area contributed by atoms with Crippen LogP contribution in [0.25, 0.3) is 5.65 Å². The molecule has 0 amide bonds. The number of hydrogen-bond donors (Lipinski definition) is 1. The molecule has 0 fully saturated rings. The summed E-state index contributed by atoms with van der Waals surface area (Å²) in [5.41, 5.74) is 0.401.